The fraction of sp³-hybridized carbons (Fsp3) is 0.0714. The summed E-state index contributed by atoms with van der Waals surface area (Å²) in [6.07, 6.45) is 0.950. The van der Waals surface area contributed by atoms with Crippen LogP contribution in [0.2, 0.25) is 0 Å². The van der Waals surface area contributed by atoms with E-state index in [2.05, 4.69) is 30.3 Å². The van der Waals surface area contributed by atoms with E-state index in [1.165, 1.54) is 11.1 Å². The molecule has 0 amide bonds. The summed E-state index contributed by atoms with van der Waals surface area (Å²) in [5.41, 5.74) is 3.41. The van der Waals surface area contributed by atoms with Crippen LogP contribution in [0.4, 0.5) is 0 Å². The van der Waals surface area contributed by atoms with Crippen LogP contribution in [0.3, 0.4) is 0 Å². The molecule has 0 bridgehead atoms. The highest BCUT2D eigenvalue weighted by Gasteiger charge is 1.94. The van der Waals surface area contributed by atoms with Gasteiger partial charge in [0.15, 0.2) is 0 Å². The molecule has 0 heterocycles. The van der Waals surface area contributed by atoms with E-state index in [-0.39, 0.29) is 0 Å². The van der Waals surface area contributed by atoms with Crippen molar-refractivity contribution in [2.45, 2.75) is 6.42 Å². The summed E-state index contributed by atoms with van der Waals surface area (Å²) < 4.78 is 0. The van der Waals surface area contributed by atoms with E-state index in [4.69, 9.17) is 6.92 Å². The van der Waals surface area contributed by atoms with Crippen molar-refractivity contribution in [3.05, 3.63) is 78.2 Å². The Bertz CT molecular complexity index is 401. The average Bonchev–Trinajstić information content (AvgIpc) is 2.19. The molecule has 14 heavy (non-hydrogen) atoms. The zero-order chi connectivity index (χ0) is 9.80. The predicted octanol–water partition coefficient (Wildman–Crippen LogP) is 3.34. The average molecular weight is 180 g/mol. The van der Waals surface area contributed by atoms with E-state index < -0.39 is 0 Å². The molecule has 0 nitrogen and oxygen atoms in total. The van der Waals surface area contributed by atoms with Crippen molar-refractivity contribution >= 4 is 0 Å². The molecule has 0 aliphatic carbocycles. The van der Waals surface area contributed by atoms with Crippen molar-refractivity contribution in [3.63, 3.8) is 0 Å². The third-order valence-corrected chi connectivity index (χ3v) is 2.20. The second kappa shape index (κ2) is 4.10. The van der Waals surface area contributed by atoms with Gasteiger partial charge in [0.2, 0.25) is 0 Å². The molecule has 0 N–H and O–H groups in total. The molecule has 2 aromatic rings. The second-order valence-electron chi connectivity index (χ2n) is 3.41. The minimum Gasteiger partial charge on any atom is -0.0622 e. The van der Waals surface area contributed by atoms with Crippen molar-refractivity contribution in [2.75, 3.05) is 0 Å². The van der Waals surface area contributed by atoms with Gasteiger partial charge in [-0.25, -0.2) is 0 Å². The molecule has 0 spiro atoms. The lowest BCUT2D eigenvalue weighted by molar-refractivity contribution is 1.19. The Morgan fingerprint density at radius 3 is 2.21 bits per heavy atom. The number of hydrogen-bond acceptors (Lipinski definition) is 0. The molecule has 0 heteroatoms. The summed E-state index contributed by atoms with van der Waals surface area (Å²) in [5.74, 6) is 0. The molecule has 0 unspecified atom stereocenters. The van der Waals surface area contributed by atoms with E-state index in [0.717, 1.165) is 12.0 Å². The summed E-state index contributed by atoms with van der Waals surface area (Å²) >= 11 is 0. The van der Waals surface area contributed by atoms with Gasteiger partial charge in [-0.3, -0.25) is 0 Å². The van der Waals surface area contributed by atoms with Crippen LogP contribution >= 0.6 is 0 Å². The molecule has 0 saturated carbocycles. The Balaban J connectivity index is 2.19. The Morgan fingerprint density at radius 1 is 0.786 bits per heavy atom. The Labute approximate surface area is 85.2 Å². The predicted molar refractivity (Wildman–Crippen MR) is 59.1 cm³/mol. The van der Waals surface area contributed by atoms with Crippen LogP contribution in [0, 0.1) is 6.92 Å². The normalized spacial score (nSPS) is 10.1. The topological polar surface area (TPSA) is 0 Å². The first-order valence-electron chi connectivity index (χ1n) is 4.73. The third-order valence-electron chi connectivity index (χ3n) is 2.20. The molecule has 2 aromatic carbocycles. The number of hydrogen-bond donors (Lipinski definition) is 0. The SMILES string of the molecule is [CH]c1cccc(Cc2ccccc2)c1. The molecule has 0 aliphatic rings. The smallest absolute Gasteiger partial charge is 0.00119 e. The van der Waals surface area contributed by atoms with Gasteiger partial charge in [-0.2, -0.15) is 0 Å². The molecule has 0 atom stereocenters. The zero-order valence-corrected chi connectivity index (χ0v) is 7.98. The largest absolute Gasteiger partial charge is 0.0622 e. The van der Waals surface area contributed by atoms with E-state index in [1.807, 2.05) is 24.3 Å². The fourth-order valence-corrected chi connectivity index (χ4v) is 1.53. The van der Waals surface area contributed by atoms with Gasteiger partial charge in [0.1, 0.15) is 0 Å². The third kappa shape index (κ3) is 2.23. The van der Waals surface area contributed by atoms with Crippen molar-refractivity contribution < 1.29 is 0 Å². The van der Waals surface area contributed by atoms with E-state index >= 15 is 0 Å². The van der Waals surface area contributed by atoms with Crippen LogP contribution in [-0.2, 0) is 6.42 Å². The van der Waals surface area contributed by atoms with Crippen molar-refractivity contribution in [2.24, 2.45) is 0 Å². The Kier molecular flexibility index (Phi) is 2.64. The lowest BCUT2D eigenvalue weighted by atomic mass is 10.0. The zero-order valence-electron chi connectivity index (χ0n) is 7.98. The lowest BCUT2D eigenvalue weighted by Gasteiger charge is -2.02. The first-order chi connectivity index (χ1) is 6.84. The molecule has 0 saturated heterocycles. The van der Waals surface area contributed by atoms with Crippen molar-refractivity contribution in [1.82, 2.24) is 0 Å². The van der Waals surface area contributed by atoms with Gasteiger partial charge in [-0.15, -0.1) is 0 Å². The highest BCUT2D eigenvalue weighted by atomic mass is 14.0. The maximum atomic E-state index is 5.71. The van der Waals surface area contributed by atoms with Crippen LogP contribution in [0.1, 0.15) is 16.7 Å². The lowest BCUT2D eigenvalue weighted by Crippen LogP contribution is -1.87. The van der Waals surface area contributed by atoms with E-state index in [9.17, 15) is 0 Å². The van der Waals surface area contributed by atoms with Crippen molar-refractivity contribution in [3.8, 4) is 0 Å². The fourth-order valence-electron chi connectivity index (χ4n) is 1.53. The first kappa shape index (κ1) is 9.01. The van der Waals surface area contributed by atoms with Gasteiger partial charge >= 0.3 is 0 Å². The van der Waals surface area contributed by atoms with E-state index in [1.54, 1.807) is 0 Å². The quantitative estimate of drug-likeness (QED) is 0.665. The Hall–Kier alpha value is -1.56. The van der Waals surface area contributed by atoms with E-state index in [0.29, 0.717) is 0 Å². The summed E-state index contributed by atoms with van der Waals surface area (Å²) in [7, 11) is 0. The summed E-state index contributed by atoms with van der Waals surface area (Å²) in [5, 5.41) is 0. The molecular weight excluding hydrogens is 168 g/mol. The summed E-state index contributed by atoms with van der Waals surface area (Å²) in [6.45, 7) is 5.71. The van der Waals surface area contributed by atoms with Crippen LogP contribution in [0.15, 0.2) is 54.6 Å². The maximum absolute atomic E-state index is 5.71. The molecular formula is C14H12. The van der Waals surface area contributed by atoms with Crippen molar-refractivity contribution in [1.29, 1.82) is 0 Å². The van der Waals surface area contributed by atoms with Crippen LogP contribution in [0.25, 0.3) is 0 Å². The summed E-state index contributed by atoms with van der Waals surface area (Å²) in [4.78, 5) is 0. The van der Waals surface area contributed by atoms with Gasteiger partial charge in [-0.05, 0) is 30.0 Å². The van der Waals surface area contributed by atoms with Gasteiger partial charge in [0.25, 0.3) is 0 Å². The minimum atomic E-state index is 0.832. The monoisotopic (exact) mass is 180 g/mol. The highest BCUT2D eigenvalue weighted by Crippen LogP contribution is 2.10. The highest BCUT2D eigenvalue weighted by molar-refractivity contribution is 5.30. The van der Waals surface area contributed by atoms with Crippen LogP contribution in [-0.4, -0.2) is 0 Å². The van der Waals surface area contributed by atoms with Gasteiger partial charge in [0.05, 0.1) is 0 Å². The van der Waals surface area contributed by atoms with Gasteiger partial charge < -0.3 is 0 Å². The molecule has 0 aromatic heterocycles. The number of rotatable bonds is 2. The maximum Gasteiger partial charge on any atom is -0.00119 e. The van der Waals surface area contributed by atoms with Crippen LogP contribution in [0.5, 0.6) is 0 Å². The minimum absolute atomic E-state index is 0.832. The van der Waals surface area contributed by atoms with Crippen LogP contribution < -0.4 is 0 Å². The Morgan fingerprint density at radius 2 is 1.50 bits per heavy atom. The first-order valence-corrected chi connectivity index (χ1v) is 4.73. The molecule has 68 valence electrons. The summed E-state index contributed by atoms with van der Waals surface area (Å²) in [6, 6.07) is 18.4. The molecule has 2 rings (SSSR count). The standard InChI is InChI=1S/C14H12/c1-12-6-5-9-14(10-12)11-13-7-3-2-4-8-13/h1-10H,11H2. The van der Waals surface area contributed by atoms with Gasteiger partial charge in [-0.1, -0.05) is 54.6 Å². The molecule has 0 fully saturated rings. The van der Waals surface area contributed by atoms with Gasteiger partial charge in [0, 0.05) is 0 Å². The second-order valence-corrected chi connectivity index (χ2v) is 3.41. The number of benzene rings is 2. The molecule has 0 aliphatic heterocycles. The molecule has 2 radical (unpaired) electrons.